The van der Waals surface area contributed by atoms with Gasteiger partial charge in [-0.25, -0.2) is 14.5 Å². The normalized spacial score (nSPS) is 10.9. The minimum absolute atomic E-state index is 0.0678. The molecule has 28 heavy (non-hydrogen) atoms. The van der Waals surface area contributed by atoms with Crippen LogP contribution in [0.4, 0.5) is 5.69 Å². The van der Waals surface area contributed by atoms with Gasteiger partial charge in [-0.2, -0.15) is 5.10 Å². The summed E-state index contributed by atoms with van der Waals surface area (Å²) >= 11 is 5.02. The van der Waals surface area contributed by atoms with E-state index in [0.717, 1.165) is 0 Å². The molecule has 0 atom stereocenters. The highest BCUT2D eigenvalue weighted by molar-refractivity contribution is 7.80. The number of hydrogen-bond acceptors (Lipinski definition) is 4. The molecule has 142 valence electrons. The van der Waals surface area contributed by atoms with Crippen LogP contribution in [-0.4, -0.2) is 32.2 Å². The van der Waals surface area contributed by atoms with Crippen molar-refractivity contribution in [2.45, 2.75) is 6.92 Å². The number of hydrogen-bond donors (Lipinski definition) is 3. The summed E-state index contributed by atoms with van der Waals surface area (Å²) in [7, 11) is 0. The molecule has 0 unspecified atom stereocenters. The van der Waals surface area contributed by atoms with E-state index in [1.807, 2.05) is 18.2 Å². The molecule has 0 bridgehead atoms. The summed E-state index contributed by atoms with van der Waals surface area (Å²) in [6.07, 6.45) is 1.35. The molecule has 9 heteroatoms. The molecule has 3 aromatic rings. The minimum Gasteiger partial charge on any atom is -0.478 e. The highest BCUT2D eigenvalue weighted by Gasteiger charge is 2.14. The third-order valence-corrected chi connectivity index (χ3v) is 4.15. The summed E-state index contributed by atoms with van der Waals surface area (Å²) in [5, 5.41) is 17.5. The van der Waals surface area contributed by atoms with Crippen molar-refractivity contribution in [2.75, 3.05) is 5.01 Å². The maximum atomic E-state index is 12.7. The van der Waals surface area contributed by atoms with Gasteiger partial charge >= 0.3 is 5.97 Å². The van der Waals surface area contributed by atoms with Gasteiger partial charge in [0, 0.05) is 5.69 Å². The molecule has 0 saturated heterocycles. The Labute approximate surface area is 165 Å². The Kier molecular flexibility index (Phi) is 5.37. The van der Waals surface area contributed by atoms with Crippen molar-refractivity contribution in [2.24, 2.45) is 10.8 Å². The van der Waals surface area contributed by atoms with Gasteiger partial charge in [0.15, 0.2) is 5.11 Å². The number of nitrogens with two attached hydrogens (primary N) is 1. The summed E-state index contributed by atoms with van der Waals surface area (Å²) < 4.78 is 1.41. The average Bonchev–Trinajstić information content (AvgIpc) is 2.97. The zero-order valence-corrected chi connectivity index (χ0v) is 15.7. The highest BCUT2D eigenvalue weighted by Crippen LogP contribution is 2.17. The van der Waals surface area contributed by atoms with Crippen molar-refractivity contribution in [3.8, 4) is 5.69 Å². The number of aromatic amines is 1. The SMILES string of the molecule is Cc1[nH]n(-c2ccccc2)c(=O)c1C=NN(C(N)=S)c1cccc(C(=O)O)c1. The van der Waals surface area contributed by atoms with E-state index in [9.17, 15) is 9.59 Å². The molecular formula is C19H17N5O3S. The molecule has 0 aliphatic rings. The number of hydrazone groups is 1. The Bertz CT molecular complexity index is 1120. The molecule has 0 aliphatic carbocycles. The average molecular weight is 395 g/mol. The second-order valence-electron chi connectivity index (χ2n) is 5.88. The molecule has 1 heterocycles. The Morgan fingerprint density at radius 3 is 2.61 bits per heavy atom. The summed E-state index contributed by atoms with van der Waals surface area (Å²) in [5.74, 6) is -1.08. The Balaban J connectivity index is 1.98. The lowest BCUT2D eigenvalue weighted by Crippen LogP contribution is -2.31. The van der Waals surface area contributed by atoms with Crippen LogP contribution in [0.1, 0.15) is 21.6 Å². The first-order valence-electron chi connectivity index (χ1n) is 8.22. The van der Waals surface area contributed by atoms with Gasteiger partial charge in [-0.05, 0) is 49.5 Å². The molecule has 2 aromatic carbocycles. The van der Waals surface area contributed by atoms with Gasteiger partial charge in [0.25, 0.3) is 5.56 Å². The number of aromatic nitrogens is 2. The Morgan fingerprint density at radius 2 is 1.96 bits per heavy atom. The van der Waals surface area contributed by atoms with Crippen molar-refractivity contribution in [1.29, 1.82) is 0 Å². The summed E-state index contributed by atoms with van der Waals surface area (Å²) in [6, 6.07) is 15.1. The largest absolute Gasteiger partial charge is 0.478 e. The number of rotatable bonds is 5. The van der Waals surface area contributed by atoms with E-state index in [-0.39, 0.29) is 16.2 Å². The lowest BCUT2D eigenvalue weighted by atomic mass is 10.2. The van der Waals surface area contributed by atoms with Crippen molar-refractivity contribution < 1.29 is 9.90 Å². The fourth-order valence-electron chi connectivity index (χ4n) is 2.61. The standard InChI is InChI=1S/C19H17N5O3S/c1-12-16(17(25)23(22-12)14-7-3-2-4-8-14)11-21-24(19(20)28)15-9-5-6-13(10-15)18(26)27/h2-11,22H,1H3,(H2,20,28)(H,26,27). The van der Waals surface area contributed by atoms with Crippen molar-refractivity contribution in [3.63, 3.8) is 0 Å². The molecule has 0 saturated carbocycles. The predicted molar refractivity (Wildman–Crippen MR) is 111 cm³/mol. The van der Waals surface area contributed by atoms with Gasteiger partial charge in [0.2, 0.25) is 0 Å². The molecule has 8 nitrogen and oxygen atoms in total. The van der Waals surface area contributed by atoms with Crippen LogP contribution in [0.5, 0.6) is 0 Å². The summed E-state index contributed by atoms with van der Waals surface area (Å²) in [4.78, 5) is 23.9. The van der Waals surface area contributed by atoms with E-state index in [4.69, 9.17) is 23.1 Å². The molecule has 0 radical (unpaired) electrons. The van der Waals surface area contributed by atoms with E-state index in [1.165, 1.54) is 28.0 Å². The fourth-order valence-corrected chi connectivity index (χ4v) is 2.76. The summed E-state index contributed by atoms with van der Waals surface area (Å²) in [6.45, 7) is 1.75. The van der Waals surface area contributed by atoms with E-state index in [2.05, 4.69) is 10.2 Å². The van der Waals surface area contributed by atoms with E-state index >= 15 is 0 Å². The lowest BCUT2D eigenvalue weighted by molar-refractivity contribution is 0.0697. The quantitative estimate of drug-likeness (QED) is 0.347. The number of benzene rings is 2. The van der Waals surface area contributed by atoms with Crippen LogP contribution in [-0.2, 0) is 0 Å². The third-order valence-electron chi connectivity index (χ3n) is 3.98. The van der Waals surface area contributed by atoms with Crippen LogP contribution < -0.4 is 16.3 Å². The monoisotopic (exact) mass is 395 g/mol. The molecule has 0 spiro atoms. The van der Waals surface area contributed by atoms with Crippen LogP contribution in [0, 0.1) is 6.92 Å². The number of carboxylic acid groups (broad SMARTS) is 1. The molecular weight excluding hydrogens is 378 g/mol. The van der Waals surface area contributed by atoms with E-state index in [0.29, 0.717) is 22.6 Å². The van der Waals surface area contributed by atoms with Crippen molar-refractivity contribution in [3.05, 3.63) is 81.8 Å². The number of aromatic carboxylic acids is 1. The maximum absolute atomic E-state index is 12.7. The van der Waals surface area contributed by atoms with Gasteiger partial charge in [-0.15, -0.1) is 0 Å². The minimum atomic E-state index is -1.08. The Hall–Kier alpha value is -3.72. The second kappa shape index (κ2) is 7.89. The van der Waals surface area contributed by atoms with Gasteiger partial charge in [-0.3, -0.25) is 9.89 Å². The Morgan fingerprint density at radius 1 is 1.25 bits per heavy atom. The number of para-hydroxylation sites is 1. The zero-order chi connectivity index (χ0) is 20.3. The number of anilines is 1. The molecule has 1 aromatic heterocycles. The van der Waals surface area contributed by atoms with Crippen LogP contribution in [0.15, 0.2) is 64.5 Å². The molecule has 0 aliphatic heterocycles. The number of carbonyl (C=O) groups is 1. The predicted octanol–water partition coefficient (Wildman–Crippen LogP) is 2.26. The maximum Gasteiger partial charge on any atom is 0.335 e. The number of carboxylic acids is 1. The third kappa shape index (κ3) is 3.84. The van der Waals surface area contributed by atoms with Crippen LogP contribution >= 0.6 is 12.2 Å². The van der Waals surface area contributed by atoms with Crippen LogP contribution in [0.2, 0.25) is 0 Å². The molecule has 0 fully saturated rings. The number of nitrogens with zero attached hydrogens (tertiary/aromatic N) is 3. The number of aryl methyl sites for hydroxylation is 1. The topological polar surface area (TPSA) is 117 Å². The van der Waals surface area contributed by atoms with Crippen molar-refractivity contribution in [1.82, 2.24) is 9.78 Å². The fraction of sp³-hybridized carbons (Fsp3) is 0.0526. The van der Waals surface area contributed by atoms with E-state index < -0.39 is 5.97 Å². The molecule has 4 N–H and O–H groups in total. The first-order valence-corrected chi connectivity index (χ1v) is 8.63. The smallest absolute Gasteiger partial charge is 0.335 e. The first-order chi connectivity index (χ1) is 13.4. The van der Waals surface area contributed by atoms with Gasteiger partial charge in [0.05, 0.1) is 28.7 Å². The number of H-pyrrole nitrogens is 1. The number of nitrogens with one attached hydrogen (secondary N) is 1. The summed E-state index contributed by atoms with van der Waals surface area (Å²) in [5.41, 5.74) is 7.53. The molecule has 0 amide bonds. The van der Waals surface area contributed by atoms with Crippen molar-refractivity contribution >= 4 is 35.2 Å². The highest BCUT2D eigenvalue weighted by atomic mass is 32.1. The lowest BCUT2D eigenvalue weighted by Gasteiger charge is -2.16. The second-order valence-corrected chi connectivity index (χ2v) is 6.29. The van der Waals surface area contributed by atoms with Gasteiger partial charge in [0.1, 0.15) is 0 Å². The number of thiocarbonyl (C=S) groups is 1. The van der Waals surface area contributed by atoms with Crippen LogP contribution in [0.3, 0.4) is 0 Å². The first kappa shape index (κ1) is 19.1. The van der Waals surface area contributed by atoms with E-state index in [1.54, 1.807) is 31.2 Å². The van der Waals surface area contributed by atoms with Gasteiger partial charge in [-0.1, -0.05) is 24.3 Å². The van der Waals surface area contributed by atoms with Gasteiger partial charge < -0.3 is 10.8 Å². The van der Waals surface area contributed by atoms with Crippen LogP contribution in [0.25, 0.3) is 5.69 Å². The zero-order valence-electron chi connectivity index (χ0n) is 14.9. The molecule has 3 rings (SSSR count).